The number of ether oxygens (including phenoxy) is 3. The maximum atomic E-state index is 12.3. The number of aliphatic carboxylic acids is 2. The van der Waals surface area contributed by atoms with Crippen molar-refractivity contribution in [2.24, 2.45) is 0 Å². The molecule has 0 aliphatic rings. The molecule has 0 spiro atoms. The number of carbonyl (C=O) groups is 3. The van der Waals surface area contributed by atoms with Gasteiger partial charge in [0.2, 0.25) is 0 Å². The maximum absolute atomic E-state index is 12.3. The van der Waals surface area contributed by atoms with Gasteiger partial charge in [0.25, 0.3) is 5.91 Å². The van der Waals surface area contributed by atoms with Crippen LogP contribution in [0.1, 0.15) is 133 Å². The van der Waals surface area contributed by atoms with Gasteiger partial charge in [0, 0.05) is 30.5 Å². The quantitative estimate of drug-likeness (QED) is 0.0378. The number of alkyl halides is 2. The Bertz CT molecular complexity index is 2420. The Morgan fingerprint density at radius 1 is 0.594 bits per heavy atom. The number of unbranched alkanes of at least 4 members (excludes halogenated alkanes) is 3. The largest absolute Gasteiger partial charge is 0.494 e. The predicted octanol–water partition coefficient (Wildman–Crippen LogP) is 11.9. The van der Waals surface area contributed by atoms with Gasteiger partial charge in [-0.3, -0.25) is 14.4 Å². The van der Waals surface area contributed by atoms with Gasteiger partial charge in [-0.1, -0.05) is 103 Å². The SMILES string of the molecule is CCC(C)(C)c1ccc(OCCCNC(=O)c2cccc(C)c2)c(C(C)(C)CC)c1.O=C(O)CCCCCOc1ccc(S(=O)(=O)CBr)cc1.O=C(O)CCCCOc1ccc(S(=O)(=O)CBr)cc1. The molecule has 4 rings (SSSR count). The molecule has 0 atom stereocenters. The van der Waals surface area contributed by atoms with E-state index in [2.05, 4.69) is 96.9 Å². The highest BCUT2D eigenvalue weighted by molar-refractivity contribution is 9.11. The number of aryl methyl sites for hydroxylation is 1. The Labute approximate surface area is 427 Å². The third-order valence-electron chi connectivity index (χ3n) is 11.4. The number of rotatable bonds is 27. The molecule has 0 unspecified atom stereocenters. The van der Waals surface area contributed by atoms with Gasteiger partial charge in [-0.25, -0.2) is 16.8 Å². The number of halogens is 2. The first-order chi connectivity index (χ1) is 32.5. The summed E-state index contributed by atoms with van der Waals surface area (Å²) in [6.07, 6.45) is 6.64. The molecule has 0 aliphatic carbocycles. The topological polar surface area (TPSA) is 200 Å². The number of carbonyl (C=O) groups excluding carboxylic acids is 1. The molecule has 0 heterocycles. The molecule has 382 valence electrons. The van der Waals surface area contributed by atoms with E-state index in [1.165, 1.54) is 35.4 Å². The minimum absolute atomic E-state index is 0.0299. The summed E-state index contributed by atoms with van der Waals surface area (Å²) in [7, 11) is -6.51. The summed E-state index contributed by atoms with van der Waals surface area (Å²) >= 11 is 5.87. The molecule has 0 saturated carbocycles. The number of benzene rings is 4. The van der Waals surface area contributed by atoms with E-state index in [0.29, 0.717) is 62.7 Å². The van der Waals surface area contributed by atoms with Crippen LogP contribution in [-0.4, -0.2) is 80.6 Å². The van der Waals surface area contributed by atoms with E-state index < -0.39 is 31.6 Å². The smallest absolute Gasteiger partial charge is 0.303 e. The molecule has 4 aromatic carbocycles. The van der Waals surface area contributed by atoms with Crippen molar-refractivity contribution in [2.45, 2.75) is 133 Å². The van der Waals surface area contributed by atoms with Gasteiger partial charge < -0.3 is 29.7 Å². The van der Waals surface area contributed by atoms with Gasteiger partial charge in [0.05, 0.1) is 29.6 Å². The monoisotopic (exact) mass is 1120 g/mol. The number of sulfone groups is 2. The zero-order chi connectivity index (χ0) is 51.7. The summed E-state index contributed by atoms with van der Waals surface area (Å²) in [6.45, 7) is 17.7. The van der Waals surface area contributed by atoms with E-state index in [9.17, 15) is 31.2 Å². The number of hydrogen-bond acceptors (Lipinski definition) is 10. The Kier molecular flexibility index (Phi) is 26.7. The zero-order valence-corrected chi connectivity index (χ0v) is 45.8. The van der Waals surface area contributed by atoms with Crippen molar-refractivity contribution in [2.75, 3.05) is 35.7 Å². The van der Waals surface area contributed by atoms with E-state index in [0.717, 1.165) is 43.4 Å². The van der Waals surface area contributed by atoms with Crippen LogP contribution in [0.2, 0.25) is 0 Å². The van der Waals surface area contributed by atoms with Crippen molar-refractivity contribution >= 4 is 69.4 Å². The van der Waals surface area contributed by atoms with Gasteiger partial charge >= 0.3 is 11.9 Å². The second-order valence-corrected chi connectivity index (χ2v) is 24.2. The third kappa shape index (κ3) is 22.5. The Morgan fingerprint density at radius 2 is 1.07 bits per heavy atom. The fourth-order valence-corrected chi connectivity index (χ4v) is 9.21. The van der Waals surface area contributed by atoms with Crippen LogP contribution in [0.15, 0.2) is 101 Å². The minimum Gasteiger partial charge on any atom is -0.494 e. The Morgan fingerprint density at radius 3 is 1.54 bits per heavy atom. The van der Waals surface area contributed by atoms with Gasteiger partial charge in [-0.05, 0) is 141 Å². The van der Waals surface area contributed by atoms with Crippen LogP contribution in [0, 0.1) is 6.92 Å². The van der Waals surface area contributed by atoms with Crippen LogP contribution in [0.5, 0.6) is 17.2 Å². The molecule has 17 heteroatoms. The molecule has 0 saturated heterocycles. The van der Waals surface area contributed by atoms with Gasteiger partial charge in [-0.15, -0.1) is 0 Å². The van der Waals surface area contributed by atoms with Crippen LogP contribution >= 0.6 is 31.9 Å². The van der Waals surface area contributed by atoms with E-state index in [4.69, 9.17) is 24.4 Å². The lowest BCUT2D eigenvalue weighted by Crippen LogP contribution is -2.26. The summed E-state index contributed by atoms with van der Waals surface area (Å²) in [4.78, 5) is 33.4. The molecule has 1 amide bonds. The van der Waals surface area contributed by atoms with Crippen molar-refractivity contribution in [3.05, 3.63) is 113 Å². The summed E-state index contributed by atoms with van der Waals surface area (Å²) in [5.41, 5.74) is 4.63. The molecule has 0 bridgehead atoms. The van der Waals surface area contributed by atoms with Crippen LogP contribution in [0.25, 0.3) is 0 Å². The van der Waals surface area contributed by atoms with Crippen LogP contribution in [0.4, 0.5) is 0 Å². The van der Waals surface area contributed by atoms with Crippen LogP contribution in [-0.2, 0) is 40.1 Å². The van der Waals surface area contributed by atoms with E-state index in [-0.39, 0.29) is 48.7 Å². The van der Waals surface area contributed by atoms with Crippen LogP contribution < -0.4 is 19.5 Å². The molecule has 0 fully saturated rings. The number of carboxylic acids is 2. The second-order valence-electron chi connectivity index (χ2n) is 17.7. The van der Waals surface area contributed by atoms with Crippen LogP contribution in [0.3, 0.4) is 0 Å². The lowest BCUT2D eigenvalue weighted by Gasteiger charge is -2.30. The lowest BCUT2D eigenvalue weighted by atomic mass is 9.76. The molecule has 0 radical (unpaired) electrons. The average Bonchev–Trinajstić information content (AvgIpc) is 3.32. The van der Waals surface area contributed by atoms with Crippen molar-refractivity contribution in [3.63, 3.8) is 0 Å². The number of hydrogen-bond donors (Lipinski definition) is 3. The highest BCUT2D eigenvalue weighted by atomic mass is 79.9. The van der Waals surface area contributed by atoms with Gasteiger partial charge in [0.15, 0.2) is 19.7 Å². The number of nitrogens with one attached hydrogen (secondary N) is 1. The first kappa shape index (κ1) is 60.7. The molecule has 4 aromatic rings. The van der Waals surface area contributed by atoms with Gasteiger partial charge in [0.1, 0.15) is 26.6 Å². The molecule has 3 N–H and O–H groups in total. The lowest BCUT2D eigenvalue weighted by molar-refractivity contribution is -0.138. The molecule has 69 heavy (non-hydrogen) atoms. The Balaban J connectivity index is 0.000000369. The molecule has 13 nitrogen and oxygen atoms in total. The highest BCUT2D eigenvalue weighted by Gasteiger charge is 2.26. The summed E-state index contributed by atoms with van der Waals surface area (Å²) in [5, 5.41) is 19.9. The number of carboxylic acid groups (broad SMARTS) is 2. The standard InChI is InChI=1S/C27H39NO2.C13H17BrO5S.C12H15BrO5S/c1-8-26(4,5)22-14-15-24(23(19-22)27(6,7)9-2)30-17-11-16-28-25(29)21-13-10-12-20(3)18-21;14-10-20(17,18)12-7-5-11(6-8-12)19-9-3-1-2-4-13(15)16;13-9-19(16,17)11-6-4-10(5-7-11)18-8-2-1-3-12(14)15/h10,12-15,18-19H,8-9,11,16-17H2,1-7H3,(H,28,29);5-8H,1-4,9-10H2,(H,15,16);4-7H,1-3,8-9H2,(H,14,15). The minimum atomic E-state index is -3.26. The van der Waals surface area contributed by atoms with Crippen molar-refractivity contribution in [1.29, 1.82) is 0 Å². The fourth-order valence-electron chi connectivity index (χ4n) is 6.27. The first-order valence-corrected chi connectivity index (χ1v) is 28.7. The Hall–Kier alpha value is -4.45. The van der Waals surface area contributed by atoms with Crippen molar-refractivity contribution < 1.29 is 55.6 Å². The molecular weight excluding hydrogens is 1050 g/mol. The average molecular weight is 1130 g/mol. The summed E-state index contributed by atoms with van der Waals surface area (Å²) < 4.78 is 63.0. The first-order valence-electron chi connectivity index (χ1n) is 23.1. The number of amides is 1. The summed E-state index contributed by atoms with van der Waals surface area (Å²) in [5.74, 6) is 0.514. The van der Waals surface area contributed by atoms with Crippen molar-refractivity contribution in [3.8, 4) is 17.2 Å². The molecule has 0 aliphatic heterocycles. The normalized spacial score (nSPS) is 11.6. The molecule has 0 aromatic heterocycles. The van der Waals surface area contributed by atoms with E-state index >= 15 is 0 Å². The van der Waals surface area contributed by atoms with E-state index in [1.54, 1.807) is 24.3 Å². The zero-order valence-electron chi connectivity index (χ0n) is 41.0. The molecular formula is C52H71Br2NO12S2. The van der Waals surface area contributed by atoms with Crippen molar-refractivity contribution in [1.82, 2.24) is 5.32 Å². The second kappa shape index (κ2) is 30.3. The predicted molar refractivity (Wildman–Crippen MR) is 280 cm³/mol. The van der Waals surface area contributed by atoms with Gasteiger partial charge in [-0.2, -0.15) is 0 Å². The summed E-state index contributed by atoms with van der Waals surface area (Å²) in [6, 6.07) is 26.7. The fraction of sp³-hybridized carbons (Fsp3) is 0.481. The maximum Gasteiger partial charge on any atom is 0.303 e. The highest BCUT2D eigenvalue weighted by Crippen LogP contribution is 2.38. The third-order valence-corrected chi connectivity index (χ3v) is 17.6. The van der Waals surface area contributed by atoms with E-state index in [1.807, 2.05) is 31.2 Å².